The molecule has 0 aliphatic rings. The Hall–Kier alpha value is -2.66. The van der Waals surface area contributed by atoms with Crippen LogP contribution in [0.25, 0.3) is 0 Å². The molecule has 0 saturated heterocycles. The van der Waals surface area contributed by atoms with Gasteiger partial charge in [0.1, 0.15) is 0 Å². The Balaban J connectivity index is 1.70. The number of hydrogen-bond donors (Lipinski definition) is 3. The van der Waals surface area contributed by atoms with Crippen LogP contribution < -0.4 is 10.6 Å². The van der Waals surface area contributed by atoms with E-state index in [0.29, 0.717) is 13.0 Å². The van der Waals surface area contributed by atoms with E-state index >= 15 is 0 Å². The molecule has 5 nitrogen and oxygen atoms in total. The molecule has 5 heteroatoms. The van der Waals surface area contributed by atoms with Crippen molar-refractivity contribution in [1.82, 2.24) is 10.6 Å². The molecule has 0 aromatic heterocycles. The van der Waals surface area contributed by atoms with Crippen molar-refractivity contribution in [2.45, 2.75) is 26.0 Å². The molecule has 24 heavy (non-hydrogen) atoms. The van der Waals surface area contributed by atoms with Gasteiger partial charge in [0.25, 0.3) is 0 Å². The largest absolute Gasteiger partial charge is 0.388 e. The molecule has 0 aliphatic carbocycles. The Bertz CT molecular complexity index is 669. The van der Waals surface area contributed by atoms with E-state index in [4.69, 9.17) is 0 Å². The highest BCUT2D eigenvalue weighted by atomic mass is 16.3. The summed E-state index contributed by atoms with van der Waals surface area (Å²) in [6.07, 6.45) is -0.316. The zero-order valence-corrected chi connectivity index (χ0v) is 13.7. The zero-order chi connectivity index (χ0) is 17.4. The summed E-state index contributed by atoms with van der Waals surface area (Å²) in [5, 5.41) is 15.1. The average Bonchev–Trinajstić information content (AvgIpc) is 2.61. The van der Waals surface area contributed by atoms with Crippen LogP contribution in [0.4, 0.5) is 0 Å². The maximum atomic E-state index is 11.7. The Morgan fingerprint density at radius 1 is 0.958 bits per heavy atom. The number of aliphatic hydroxyl groups excluding tert-OH is 1. The fourth-order valence-corrected chi connectivity index (χ4v) is 2.21. The van der Waals surface area contributed by atoms with Crippen molar-refractivity contribution in [3.05, 3.63) is 71.3 Å². The van der Waals surface area contributed by atoms with Gasteiger partial charge in [-0.1, -0.05) is 60.2 Å². The molecule has 1 atom stereocenters. The lowest BCUT2D eigenvalue weighted by Crippen LogP contribution is -2.40. The van der Waals surface area contributed by atoms with Gasteiger partial charge < -0.3 is 15.7 Å². The molecule has 2 amide bonds. The van der Waals surface area contributed by atoms with Crippen LogP contribution in [0.2, 0.25) is 0 Å². The molecule has 0 fully saturated rings. The van der Waals surface area contributed by atoms with Gasteiger partial charge in [-0.05, 0) is 24.5 Å². The Morgan fingerprint density at radius 3 is 2.25 bits per heavy atom. The number of nitrogens with one attached hydrogen (secondary N) is 2. The molecule has 0 radical (unpaired) electrons. The molecule has 0 bridgehead atoms. The molecular weight excluding hydrogens is 304 g/mol. The number of carbonyl (C=O) groups is 2. The summed E-state index contributed by atoms with van der Waals surface area (Å²) in [5.41, 5.74) is 2.86. The third kappa shape index (κ3) is 5.52. The van der Waals surface area contributed by atoms with Gasteiger partial charge in [0.15, 0.2) is 0 Å². The summed E-state index contributed by atoms with van der Waals surface area (Å²) in [7, 11) is 0. The molecule has 126 valence electrons. The number of aliphatic hydroxyl groups is 1. The Kier molecular flexibility index (Phi) is 6.51. The van der Waals surface area contributed by atoms with Crippen LogP contribution in [0.5, 0.6) is 0 Å². The highest BCUT2D eigenvalue weighted by Gasteiger charge is 2.13. The minimum absolute atomic E-state index is 0.229. The van der Waals surface area contributed by atoms with Crippen LogP contribution in [0.1, 0.15) is 29.2 Å². The maximum absolute atomic E-state index is 11.7. The van der Waals surface area contributed by atoms with E-state index < -0.39 is 17.9 Å². The highest BCUT2D eigenvalue weighted by molar-refractivity contribution is 6.35. The van der Waals surface area contributed by atoms with Crippen LogP contribution in [-0.4, -0.2) is 23.5 Å². The summed E-state index contributed by atoms with van der Waals surface area (Å²) in [5.74, 6) is -1.37. The van der Waals surface area contributed by atoms with E-state index in [9.17, 15) is 14.7 Å². The minimum atomic E-state index is -0.692. The van der Waals surface area contributed by atoms with Crippen LogP contribution in [0.15, 0.2) is 54.6 Å². The first kappa shape index (κ1) is 17.7. The second-order valence-corrected chi connectivity index (χ2v) is 5.64. The first-order valence-corrected chi connectivity index (χ1v) is 7.91. The smallest absolute Gasteiger partial charge is 0.309 e. The lowest BCUT2D eigenvalue weighted by atomic mass is 10.1. The molecule has 2 rings (SSSR count). The third-order valence-corrected chi connectivity index (χ3v) is 3.67. The quantitative estimate of drug-likeness (QED) is 0.709. The number of rotatable bonds is 6. The van der Waals surface area contributed by atoms with Gasteiger partial charge in [-0.25, -0.2) is 0 Å². The van der Waals surface area contributed by atoms with E-state index in [2.05, 4.69) is 10.6 Å². The van der Waals surface area contributed by atoms with E-state index in [-0.39, 0.29) is 6.54 Å². The fraction of sp³-hybridized carbons (Fsp3) is 0.263. The SMILES string of the molecule is Cc1ccc(CNC(=O)C(=O)NCC[C@@H](O)c2ccccc2)cc1. The van der Waals surface area contributed by atoms with Crippen molar-refractivity contribution in [3.8, 4) is 0 Å². The molecule has 2 aromatic carbocycles. The van der Waals surface area contributed by atoms with Crippen LogP contribution in [0, 0.1) is 6.92 Å². The summed E-state index contributed by atoms with van der Waals surface area (Å²) >= 11 is 0. The molecular formula is C19H22N2O3. The number of carbonyl (C=O) groups excluding carboxylic acids is 2. The predicted octanol–water partition coefficient (Wildman–Crippen LogP) is 1.85. The van der Waals surface area contributed by atoms with Crippen molar-refractivity contribution in [2.24, 2.45) is 0 Å². The van der Waals surface area contributed by atoms with Gasteiger partial charge in [0.2, 0.25) is 0 Å². The lowest BCUT2D eigenvalue weighted by molar-refractivity contribution is -0.139. The first-order chi connectivity index (χ1) is 11.6. The Labute approximate surface area is 141 Å². The van der Waals surface area contributed by atoms with Crippen LogP contribution in [0.3, 0.4) is 0 Å². The number of benzene rings is 2. The molecule has 0 heterocycles. The maximum Gasteiger partial charge on any atom is 0.309 e. The average molecular weight is 326 g/mol. The van der Waals surface area contributed by atoms with Crippen molar-refractivity contribution in [2.75, 3.05) is 6.54 Å². The molecule has 3 N–H and O–H groups in total. The monoisotopic (exact) mass is 326 g/mol. The lowest BCUT2D eigenvalue weighted by Gasteiger charge is -2.11. The summed E-state index contributed by atoms with van der Waals surface area (Å²) in [4.78, 5) is 23.5. The van der Waals surface area contributed by atoms with Gasteiger partial charge in [0, 0.05) is 13.1 Å². The van der Waals surface area contributed by atoms with Crippen molar-refractivity contribution in [3.63, 3.8) is 0 Å². The first-order valence-electron chi connectivity index (χ1n) is 7.91. The third-order valence-electron chi connectivity index (χ3n) is 3.67. The number of amides is 2. The molecule has 0 aliphatic heterocycles. The van der Waals surface area contributed by atoms with E-state index in [1.54, 1.807) is 0 Å². The summed E-state index contributed by atoms with van der Waals surface area (Å²) < 4.78 is 0. The van der Waals surface area contributed by atoms with Crippen molar-refractivity contribution >= 4 is 11.8 Å². The molecule has 2 aromatic rings. The molecule has 0 spiro atoms. The zero-order valence-electron chi connectivity index (χ0n) is 13.7. The second-order valence-electron chi connectivity index (χ2n) is 5.64. The van der Waals surface area contributed by atoms with E-state index in [1.807, 2.05) is 61.5 Å². The topological polar surface area (TPSA) is 78.4 Å². The standard InChI is InChI=1S/C19H22N2O3/c1-14-7-9-15(10-8-14)13-21-19(24)18(23)20-12-11-17(22)16-5-3-2-4-6-16/h2-10,17,22H,11-13H2,1H3,(H,20,23)(H,21,24)/t17-/m1/s1. The van der Waals surface area contributed by atoms with Crippen molar-refractivity contribution in [1.29, 1.82) is 0 Å². The minimum Gasteiger partial charge on any atom is -0.388 e. The Morgan fingerprint density at radius 2 is 1.58 bits per heavy atom. The highest BCUT2D eigenvalue weighted by Crippen LogP contribution is 2.14. The van der Waals surface area contributed by atoms with Gasteiger partial charge in [-0.2, -0.15) is 0 Å². The van der Waals surface area contributed by atoms with Gasteiger partial charge in [0.05, 0.1) is 6.10 Å². The van der Waals surface area contributed by atoms with Crippen molar-refractivity contribution < 1.29 is 14.7 Å². The van der Waals surface area contributed by atoms with Crippen LogP contribution in [-0.2, 0) is 16.1 Å². The number of hydrogen-bond acceptors (Lipinski definition) is 3. The summed E-state index contributed by atoms with van der Waals surface area (Å²) in [6.45, 7) is 2.52. The summed E-state index contributed by atoms with van der Waals surface area (Å²) in [6, 6.07) is 16.9. The second kappa shape index (κ2) is 8.84. The van der Waals surface area contributed by atoms with Crippen LogP contribution >= 0.6 is 0 Å². The van der Waals surface area contributed by atoms with E-state index in [0.717, 1.165) is 16.7 Å². The normalized spacial score (nSPS) is 11.6. The van der Waals surface area contributed by atoms with Gasteiger partial charge in [-0.3, -0.25) is 9.59 Å². The molecule has 0 saturated carbocycles. The molecule has 0 unspecified atom stereocenters. The number of aryl methyl sites for hydroxylation is 1. The fourth-order valence-electron chi connectivity index (χ4n) is 2.21. The van der Waals surface area contributed by atoms with E-state index in [1.165, 1.54) is 0 Å². The predicted molar refractivity (Wildman–Crippen MR) is 92.1 cm³/mol. The van der Waals surface area contributed by atoms with Gasteiger partial charge in [-0.15, -0.1) is 0 Å². The van der Waals surface area contributed by atoms with Gasteiger partial charge >= 0.3 is 11.8 Å².